The molecule has 1 unspecified atom stereocenters. The Morgan fingerprint density at radius 2 is 0.875 bits per heavy atom. The van der Waals surface area contributed by atoms with Gasteiger partial charge in [-0.1, -0.05) is 175 Å². The molecule has 0 aromatic rings. The van der Waals surface area contributed by atoms with Gasteiger partial charge in [0.1, 0.15) is 19.8 Å². The fraction of sp³-hybridized carbons (Fsp3) is 0.630. The van der Waals surface area contributed by atoms with Crippen molar-refractivity contribution in [1.82, 2.24) is 0 Å². The van der Waals surface area contributed by atoms with E-state index in [1.54, 1.807) is 0 Å². The van der Waals surface area contributed by atoms with E-state index in [1.165, 1.54) is 77.0 Å². The van der Waals surface area contributed by atoms with E-state index in [4.69, 9.17) is 18.5 Å². The van der Waals surface area contributed by atoms with Crippen molar-refractivity contribution in [1.29, 1.82) is 0 Å². The summed E-state index contributed by atoms with van der Waals surface area (Å²) in [5, 5.41) is 0. The molecule has 2 atom stereocenters. The average Bonchev–Trinajstić information content (AvgIpc) is 3.25. The number of unbranched alkanes of at least 4 members (excludes halogenated alkanes) is 11. The lowest BCUT2D eigenvalue weighted by Crippen LogP contribution is -2.37. The Bertz CT molecular complexity index is 1450. The summed E-state index contributed by atoms with van der Waals surface area (Å²) in [6.07, 6.45) is 61.5. The fourth-order valence-corrected chi connectivity index (χ4v) is 6.65. The molecule has 0 rings (SSSR count). The van der Waals surface area contributed by atoms with Gasteiger partial charge in [-0.2, -0.15) is 0 Å². The first-order valence-electron chi connectivity index (χ1n) is 24.6. The second kappa shape index (κ2) is 44.9. The number of hydrogen-bond donors (Lipinski definition) is 0. The molecule has 0 radical (unpaired) electrons. The monoisotopic (exact) mass is 912 g/mol. The van der Waals surface area contributed by atoms with E-state index in [9.17, 15) is 19.0 Å². The summed E-state index contributed by atoms with van der Waals surface area (Å²) < 4.78 is 33.8. The van der Waals surface area contributed by atoms with E-state index in [-0.39, 0.29) is 26.1 Å². The Kier molecular flexibility index (Phi) is 42.5. The zero-order valence-corrected chi connectivity index (χ0v) is 41.8. The highest BCUT2D eigenvalue weighted by atomic mass is 31.2. The first kappa shape index (κ1) is 60.7. The molecule has 0 fully saturated rings. The molecule has 64 heavy (non-hydrogen) atoms. The van der Waals surface area contributed by atoms with Gasteiger partial charge >= 0.3 is 11.9 Å². The molecule has 10 heteroatoms. The number of hydrogen-bond acceptors (Lipinski definition) is 8. The lowest BCUT2D eigenvalue weighted by molar-refractivity contribution is -0.870. The van der Waals surface area contributed by atoms with E-state index >= 15 is 0 Å². The van der Waals surface area contributed by atoms with Crippen LogP contribution in [0.5, 0.6) is 0 Å². The smallest absolute Gasteiger partial charge is 0.306 e. The SMILES string of the molecule is CCCCC/C=C/C/C=C/C/C=C/C/C=C/C/C=C/CCC(=O)O[C@H](COC(=O)CCC/C=C/C/C=C/C/C=C/C/C=C/CCCCCCCCC)COP(=O)([O-])OCC[N+](C)(C)C. The molecule has 0 aliphatic heterocycles. The van der Waals surface area contributed by atoms with Gasteiger partial charge in [-0.25, -0.2) is 0 Å². The molecule has 0 amide bonds. The average molecular weight is 912 g/mol. The highest BCUT2D eigenvalue weighted by Crippen LogP contribution is 2.38. The van der Waals surface area contributed by atoms with E-state index in [0.717, 1.165) is 51.4 Å². The zero-order valence-electron chi connectivity index (χ0n) is 40.9. The maximum atomic E-state index is 12.7. The molecule has 0 aromatic carbocycles. The van der Waals surface area contributed by atoms with Crippen molar-refractivity contribution in [2.45, 2.75) is 174 Å². The summed E-state index contributed by atoms with van der Waals surface area (Å²) in [6.45, 7) is 4.03. The molecule has 0 aliphatic carbocycles. The van der Waals surface area contributed by atoms with Crippen LogP contribution in [-0.2, 0) is 32.7 Å². The highest BCUT2D eigenvalue weighted by molar-refractivity contribution is 7.45. The number of carbonyl (C=O) groups excluding carboxylic acids is 2. The van der Waals surface area contributed by atoms with E-state index in [1.807, 2.05) is 39.4 Å². The molecule has 0 saturated heterocycles. The Labute approximate surface area is 391 Å². The number of phosphoric ester groups is 1. The summed E-state index contributed by atoms with van der Waals surface area (Å²) in [5.41, 5.74) is 0. The quantitative estimate of drug-likeness (QED) is 0.0195. The van der Waals surface area contributed by atoms with Crippen LogP contribution in [0.3, 0.4) is 0 Å². The zero-order chi connectivity index (χ0) is 47.1. The van der Waals surface area contributed by atoms with Crippen LogP contribution in [0.15, 0.2) is 109 Å². The van der Waals surface area contributed by atoms with E-state index < -0.39 is 32.5 Å². The predicted molar refractivity (Wildman–Crippen MR) is 268 cm³/mol. The normalized spacial score (nSPS) is 14.4. The summed E-state index contributed by atoms with van der Waals surface area (Å²) in [7, 11) is 1.07. The van der Waals surface area contributed by atoms with Gasteiger partial charge in [-0.3, -0.25) is 14.2 Å². The molecule has 0 heterocycles. The van der Waals surface area contributed by atoms with Gasteiger partial charge in [-0.15, -0.1) is 0 Å². The van der Waals surface area contributed by atoms with Crippen LogP contribution in [0.1, 0.15) is 168 Å². The van der Waals surface area contributed by atoms with Gasteiger partial charge in [0.05, 0.1) is 27.7 Å². The molecule has 0 spiro atoms. The Hall–Kier alpha value is -3.33. The van der Waals surface area contributed by atoms with Crippen LogP contribution in [-0.4, -0.2) is 70.0 Å². The number of phosphoric acid groups is 1. The molecule has 0 aromatic heterocycles. The Balaban J connectivity index is 4.53. The van der Waals surface area contributed by atoms with Crippen LogP contribution < -0.4 is 4.89 Å². The summed E-state index contributed by atoms with van der Waals surface area (Å²) in [4.78, 5) is 37.6. The lowest BCUT2D eigenvalue weighted by Gasteiger charge is -2.28. The molecule has 0 saturated carbocycles. The van der Waals surface area contributed by atoms with Gasteiger partial charge < -0.3 is 27.9 Å². The highest BCUT2D eigenvalue weighted by Gasteiger charge is 2.21. The van der Waals surface area contributed by atoms with Crippen LogP contribution in [0.4, 0.5) is 0 Å². The largest absolute Gasteiger partial charge is 0.756 e. The molecule has 364 valence electrons. The van der Waals surface area contributed by atoms with Crippen molar-refractivity contribution in [3.8, 4) is 0 Å². The topological polar surface area (TPSA) is 111 Å². The standard InChI is InChI=1S/C54H90NO8P/c1-6-8-10-12-14-16-18-20-22-24-26-27-29-30-32-34-36-38-40-42-44-46-53(56)60-50-52(51-62-64(58,59)61-49-48-55(3,4)5)63-54(57)47-45-43-41-39-37-35-33-31-28-25-23-21-19-17-15-13-11-9-7-2/h15,17,21-24,27-29,31-32,34-35,37-38,40-41,43,52H,6-14,16,18-20,25-26,30,33,36,39,42,44-51H2,1-5H3/b17-15+,23-21+,24-22+,29-27+,31-28+,34-32+,37-35+,40-38+,43-41+/t52-/m1/s1. The maximum absolute atomic E-state index is 12.7. The number of esters is 2. The third-order valence-electron chi connectivity index (χ3n) is 9.78. The van der Waals surface area contributed by atoms with Crippen molar-refractivity contribution >= 4 is 19.8 Å². The second-order valence-electron chi connectivity index (χ2n) is 17.1. The number of allylic oxidation sites excluding steroid dienone is 18. The van der Waals surface area contributed by atoms with Crippen molar-refractivity contribution in [2.75, 3.05) is 47.5 Å². The van der Waals surface area contributed by atoms with Gasteiger partial charge in [0.2, 0.25) is 0 Å². The fourth-order valence-electron chi connectivity index (χ4n) is 5.92. The number of likely N-dealkylation sites (N-methyl/N-ethyl adjacent to an activating group) is 1. The van der Waals surface area contributed by atoms with Crippen LogP contribution in [0.25, 0.3) is 0 Å². The van der Waals surface area contributed by atoms with Crippen LogP contribution >= 0.6 is 7.82 Å². The van der Waals surface area contributed by atoms with E-state index in [2.05, 4.69) is 105 Å². The summed E-state index contributed by atoms with van der Waals surface area (Å²) in [5.74, 6) is -1.01. The Morgan fingerprint density at radius 1 is 0.484 bits per heavy atom. The number of quaternary nitrogens is 1. The lowest BCUT2D eigenvalue weighted by atomic mass is 10.1. The number of rotatable bonds is 43. The minimum absolute atomic E-state index is 0.0588. The van der Waals surface area contributed by atoms with Gasteiger partial charge in [0.25, 0.3) is 7.82 Å². The number of ether oxygens (including phenoxy) is 2. The summed E-state index contributed by atoms with van der Waals surface area (Å²) in [6, 6.07) is 0. The molecular weight excluding hydrogens is 822 g/mol. The van der Waals surface area contributed by atoms with Crippen LogP contribution in [0.2, 0.25) is 0 Å². The van der Waals surface area contributed by atoms with Crippen molar-refractivity contribution in [3.63, 3.8) is 0 Å². The van der Waals surface area contributed by atoms with E-state index in [0.29, 0.717) is 23.9 Å². The van der Waals surface area contributed by atoms with Gasteiger partial charge in [0.15, 0.2) is 6.10 Å². The van der Waals surface area contributed by atoms with Gasteiger partial charge in [0, 0.05) is 12.8 Å². The predicted octanol–water partition coefficient (Wildman–Crippen LogP) is 14.1. The summed E-state index contributed by atoms with van der Waals surface area (Å²) >= 11 is 0. The van der Waals surface area contributed by atoms with Gasteiger partial charge in [-0.05, 0) is 89.9 Å². The first-order chi connectivity index (χ1) is 31.0. The minimum atomic E-state index is -4.67. The molecule has 0 bridgehead atoms. The van der Waals surface area contributed by atoms with Crippen molar-refractivity contribution < 1.29 is 42.1 Å². The molecular formula is C54H90NO8P. The molecule has 0 aliphatic rings. The Morgan fingerprint density at radius 3 is 1.34 bits per heavy atom. The number of carbonyl (C=O) groups is 2. The molecule has 9 nitrogen and oxygen atoms in total. The maximum Gasteiger partial charge on any atom is 0.306 e. The first-order valence-corrected chi connectivity index (χ1v) is 26.1. The van der Waals surface area contributed by atoms with Crippen molar-refractivity contribution in [2.24, 2.45) is 0 Å². The van der Waals surface area contributed by atoms with Crippen molar-refractivity contribution in [3.05, 3.63) is 109 Å². The third-order valence-corrected chi connectivity index (χ3v) is 10.7. The number of nitrogens with zero attached hydrogens (tertiary/aromatic N) is 1. The molecule has 0 N–H and O–H groups in total. The minimum Gasteiger partial charge on any atom is -0.756 e. The van der Waals surface area contributed by atoms with Crippen LogP contribution in [0, 0.1) is 0 Å². The second-order valence-corrected chi connectivity index (χ2v) is 18.5. The third kappa shape index (κ3) is 48.1.